The van der Waals surface area contributed by atoms with E-state index in [9.17, 15) is 0 Å². The SMILES string of the molecule is C=CCCc1ccc(CN2CCc3ccccc3C2)cc1CC. The molecule has 0 radical (unpaired) electrons. The lowest BCUT2D eigenvalue weighted by Gasteiger charge is -2.29. The fourth-order valence-electron chi connectivity index (χ4n) is 3.56. The van der Waals surface area contributed by atoms with Crippen molar-refractivity contribution in [1.82, 2.24) is 4.90 Å². The maximum atomic E-state index is 3.84. The Kier molecular flexibility index (Phi) is 5.30. The number of nitrogens with zero attached hydrogens (tertiary/aromatic N) is 1. The minimum absolute atomic E-state index is 1.06. The standard InChI is InChI=1S/C22H27N/c1-3-5-8-20-12-11-18(15-19(20)4-2)16-23-14-13-21-9-6-7-10-22(21)17-23/h3,6-7,9-12,15H,1,4-5,8,13-14,16-17H2,2H3. The van der Waals surface area contributed by atoms with E-state index >= 15 is 0 Å². The second-order valence-corrected chi connectivity index (χ2v) is 6.51. The highest BCUT2D eigenvalue weighted by atomic mass is 15.1. The summed E-state index contributed by atoms with van der Waals surface area (Å²) in [5.41, 5.74) is 7.46. The molecule has 0 spiro atoms. The van der Waals surface area contributed by atoms with Crippen molar-refractivity contribution in [1.29, 1.82) is 0 Å². The first-order valence-electron chi connectivity index (χ1n) is 8.81. The molecule has 0 unspecified atom stereocenters. The lowest BCUT2D eigenvalue weighted by molar-refractivity contribution is 0.245. The third-order valence-corrected chi connectivity index (χ3v) is 4.89. The highest BCUT2D eigenvalue weighted by Gasteiger charge is 2.16. The predicted octanol–water partition coefficient (Wildman–Crippen LogP) is 4.93. The van der Waals surface area contributed by atoms with Crippen molar-refractivity contribution < 1.29 is 0 Å². The fourth-order valence-corrected chi connectivity index (χ4v) is 3.56. The summed E-state index contributed by atoms with van der Waals surface area (Å²) in [6.07, 6.45) is 6.48. The van der Waals surface area contributed by atoms with Gasteiger partial charge >= 0.3 is 0 Å². The van der Waals surface area contributed by atoms with Crippen LogP contribution < -0.4 is 0 Å². The van der Waals surface area contributed by atoms with Crippen LogP contribution in [-0.2, 0) is 32.4 Å². The summed E-state index contributed by atoms with van der Waals surface area (Å²) in [7, 11) is 0. The fraction of sp³-hybridized carbons (Fsp3) is 0.364. The Morgan fingerprint density at radius 3 is 2.70 bits per heavy atom. The monoisotopic (exact) mass is 305 g/mol. The highest BCUT2D eigenvalue weighted by molar-refractivity contribution is 5.33. The van der Waals surface area contributed by atoms with Gasteiger partial charge in [-0.3, -0.25) is 4.90 Å². The van der Waals surface area contributed by atoms with Gasteiger partial charge in [0.25, 0.3) is 0 Å². The molecule has 0 bridgehead atoms. The van der Waals surface area contributed by atoms with Crippen LogP contribution in [0.2, 0.25) is 0 Å². The normalized spacial score (nSPS) is 14.5. The Morgan fingerprint density at radius 2 is 1.91 bits per heavy atom. The van der Waals surface area contributed by atoms with E-state index in [1.54, 1.807) is 0 Å². The zero-order chi connectivity index (χ0) is 16.1. The maximum Gasteiger partial charge on any atom is 0.0240 e. The molecule has 0 N–H and O–H groups in total. The van der Waals surface area contributed by atoms with Gasteiger partial charge in [-0.2, -0.15) is 0 Å². The molecule has 1 nitrogen and oxygen atoms in total. The molecule has 2 aromatic rings. The third-order valence-electron chi connectivity index (χ3n) is 4.89. The zero-order valence-corrected chi connectivity index (χ0v) is 14.2. The van der Waals surface area contributed by atoms with Crippen molar-refractivity contribution in [2.75, 3.05) is 6.54 Å². The average Bonchev–Trinajstić information content (AvgIpc) is 2.60. The van der Waals surface area contributed by atoms with Gasteiger partial charge in [0.05, 0.1) is 0 Å². The molecule has 1 aliphatic rings. The van der Waals surface area contributed by atoms with Gasteiger partial charge in [0.15, 0.2) is 0 Å². The van der Waals surface area contributed by atoms with Crippen LogP contribution in [0.4, 0.5) is 0 Å². The van der Waals surface area contributed by atoms with Gasteiger partial charge in [-0.25, -0.2) is 0 Å². The lowest BCUT2D eigenvalue weighted by atomic mass is 9.96. The maximum absolute atomic E-state index is 3.84. The van der Waals surface area contributed by atoms with Crippen molar-refractivity contribution in [2.45, 2.75) is 45.7 Å². The molecule has 1 heteroatoms. The van der Waals surface area contributed by atoms with E-state index in [1.165, 1.54) is 34.2 Å². The molecule has 0 fully saturated rings. The van der Waals surface area contributed by atoms with Crippen LogP contribution in [-0.4, -0.2) is 11.4 Å². The quantitative estimate of drug-likeness (QED) is 0.684. The van der Waals surface area contributed by atoms with Crippen LogP contribution >= 0.6 is 0 Å². The van der Waals surface area contributed by atoms with E-state index < -0.39 is 0 Å². The third kappa shape index (κ3) is 3.92. The summed E-state index contributed by atoms with van der Waals surface area (Å²) in [6.45, 7) is 9.40. The summed E-state index contributed by atoms with van der Waals surface area (Å²) in [5, 5.41) is 0. The first kappa shape index (κ1) is 16.0. The summed E-state index contributed by atoms with van der Waals surface area (Å²) in [6, 6.07) is 15.9. The summed E-state index contributed by atoms with van der Waals surface area (Å²) < 4.78 is 0. The van der Waals surface area contributed by atoms with Crippen LogP contribution in [0.5, 0.6) is 0 Å². The Labute approximate surface area is 140 Å². The van der Waals surface area contributed by atoms with Gasteiger partial charge < -0.3 is 0 Å². The Hall–Kier alpha value is -1.86. The molecule has 3 rings (SSSR count). The van der Waals surface area contributed by atoms with E-state index in [4.69, 9.17) is 0 Å². The van der Waals surface area contributed by atoms with Crippen LogP contribution in [0.15, 0.2) is 55.1 Å². The zero-order valence-electron chi connectivity index (χ0n) is 14.2. The van der Waals surface area contributed by atoms with Gasteiger partial charge in [0.1, 0.15) is 0 Å². The van der Waals surface area contributed by atoms with E-state index in [-0.39, 0.29) is 0 Å². The largest absolute Gasteiger partial charge is 0.294 e. The van der Waals surface area contributed by atoms with Crippen LogP contribution in [0.1, 0.15) is 41.2 Å². The minimum atomic E-state index is 1.06. The van der Waals surface area contributed by atoms with Gasteiger partial charge in [0.2, 0.25) is 0 Å². The van der Waals surface area contributed by atoms with Gasteiger partial charge in [-0.05, 0) is 53.5 Å². The summed E-state index contributed by atoms with van der Waals surface area (Å²) in [4.78, 5) is 2.57. The van der Waals surface area contributed by atoms with E-state index in [2.05, 4.69) is 60.9 Å². The molecule has 1 aliphatic heterocycles. The van der Waals surface area contributed by atoms with E-state index in [0.717, 1.165) is 38.9 Å². The first-order chi connectivity index (χ1) is 11.3. The number of allylic oxidation sites excluding steroid dienone is 1. The Bertz CT molecular complexity index is 671. The van der Waals surface area contributed by atoms with Crippen molar-refractivity contribution in [3.8, 4) is 0 Å². The molecule has 0 amide bonds. The topological polar surface area (TPSA) is 3.24 Å². The van der Waals surface area contributed by atoms with Crippen LogP contribution in [0.25, 0.3) is 0 Å². The lowest BCUT2D eigenvalue weighted by Crippen LogP contribution is -2.30. The van der Waals surface area contributed by atoms with Gasteiger partial charge in [0, 0.05) is 19.6 Å². The Balaban J connectivity index is 1.70. The molecule has 0 saturated carbocycles. The van der Waals surface area contributed by atoms with Crippen molar-refractivity contribution in [2.24, 2.45) is 0 Å². The summed E-state index contributed by atoms with van der Waals surface area (Å²) >= 11 is 0. The molecule has 120 valence electrons. The molecular weight excluding hydrogens is 278 g/mol. The number of aryl methyl sites for hydroxylation is 2. The molecule has 0 saturated heterocycles. The van der Waals surface area contributed by atoms with Crippen molar-refractivity contribution in [3.63, 3.8) is 0 Å². The smallest absolute Gasteiger partial charge is 0.0240 e. The molecular formula is C22H27N. The molecule has 0 aromatic heterocycles. The number of benzene rings is 2. The van der Waals surface area contributed by atoms with Gasteiger partial charge in [-0.15, -0.1) is 6.58 Å². The number of hydrogen-bond donors (Lipinski definition) is 0. The highest BCUT2D eigenvalue weighted by Crippen LogP contribution is 2.22. The molecule has 0 aliphatic carbocycles. The molecule has 1 heterocycles. The molecule has 2 aromatic carbocycles. The van der Waals surface area contributed by atoms with Crippen molar-refractivity contribution >= 4 is 0 Å². The second kappa shape index (κ2) is 7.61. The average molecular weight is 305 g/mol. The summed E-state index contributed by atoms with van der Waals surface area (Å²) in [5.74, 6) is 0. The predicted molar refractivity (Wildman–Crippen MR) is 98.6 cm³/mol. The van der Waals surface area contributed by atoms with Crippen LogP contribution in [0.3, 0.4) is 0 Å². The first-order valence-corrected chi connectivity index (χ1v) is 8.81. The number of fused-ring (bicyclic) bond motifs is 1. The minimum Gasteiger partial charge on any atom is -0.294 e. The van der Waals surface area contributed by atoms with E-state index in [0.29, 0.717) is 0 Å². The molecule has 23 heavy (non-hydrogen) atoms. The second-order valence-electron chi connectivity index (χ2n) is 6.51. The van der Waals surface area contributed by atoms with Crippen molar-refractivity contribution in [3.05, 3.63) is 82.9 Å². The molecule has 0 atom stereocenters. The Morgan fingerprint density at radius 1 is 1.09 bits per heavy atom. The number of rotatable bonds is 6. The van der Waals surface area contributed by atoms with E-state index in [1.807, 2.05) is 6.08 Å². The van der Waals surface area contributed by atoms with Gasteiger partial charge in [-0.1, -0.05) is 55.5 Å². The van der Waals surface area contributed by atoms with Crippen LogP contribution in [0, 0.1) is 0 Å². The number of hydrogen-bond acceptors (Lipinski definition) is 1.